The van der Waals surface area contributed by atoms with Gasteiger partial charge in [0, 0.05) is 27.2 Å². The lowest BCUT2D eigenvalue weighted by molar-refractivity contribution is 0.405. The van der Waals surface area contributed by atoms with Crippen molar-refractivity contribution >= 4 is 38.6 Å². The summed E-state index contributed by atoms with van der Waals surface area (Å²) < 4.78 is 6.53. The lowest BCUT2D eigenvalue weighted by Gasteiger charge is -2.15. The second-order valence-electron chi connectivity index (χ2n) is 3.63. The van der Waals surface area contributed by atoms with Crippen molar-refractivity contribution in [2.24, 2.45) is 0 Å². The molecule has 0 aliphatic heterocycles. The molecule has 2 aromatic heterocycles. The Bertz CT molecular complexity index is 480. The van der Waals surface area contributed by atoms with Gasteiger partial charge in [0.2, 0.25) is 0 Å². The molecule has 2 heterocycles. The average molecular weight is 332 g/mol. The highest BCUT2D eigenvalue weighted by molar-refractivity contribution is 9.10. The number of nitrogens with one attached hydrogen (secondary N) is 1. The smallest absolute Gasteiger partial charge is 0.134 e. The lowest BCUT2D eigenvalue weighted by atomic mass is 10.1. The summed E-state index contributed by atoms with van der Waals surface area (Å²) in [6.45, 7) is 0. The molecule has 17 heavy (non-hydrogen) atoms. The van der Waals surface area contributed by atoms with Crippen LogP contribution in [0.3, 0.4) is 0 Å². The molecule has 5 heteroatoms. The van der Waals surface area contributed by atoms with Gasteiger partial charge in [-0.25, -0.2) is 0 Å². The van der Waals surface area contributed by atoms with Crippen LogP contribution in [0.2, 0.25) is 0 Å². The normalized spacial score (nSPS) is 12.6. The van der Waals surface area contributed by atoms with Gasteiger partial charge in [-0.3, -0.25) is 0 Å². The Morgan fingerprint density at radius 3 is 2.88 bits per heavy atom. The quantitative estimate of drug-likeness (QED) is 0.891. The third kappa shape index (κ3) is 3.10. The van der Waals surface area contributed by atoms with E-state index in [2.05, 4.69) is 38.1 Å². The highest BCUT2D eigenvalue weighted by Crippen LogP contribution is 2.34. The number of halogens is 1. The van der Waals surface area contributed by atoms with Gasteiger partial charge in [0.1, 0.15) is 5.75 Å². The van der Waals surface area contributed by atoms with Gasteiger partial charge in [-0.05, 0) is 40.5 Å². The molecule has 2 aromatic rings. The van der Waals surface area contributed by atoms with Crippen LogP contribution in [0.15, 0.2) is 27.4 Å². The maximum Gasteiger partial charge on any atom is 0.134 e. The van der Waals surface area contributed by atoms with Crippen LogP contribution in [0.25, 0.3) is 0 Å². The Morgan fingerprint density at radius 1 is 1.47 bits per heavy atom. The Morgan fingerprint density at radius 2 is 2.29 bits per heavy atom. The van der Waals surface area contributed by atoms with Crippen LogP contribution in [0.4, 0.5) is 0 Å². The van der Waals surface area contributed by atoms with E-state index in [1.165, 1.54) is 9.75 Å². The van der Waals surface area contributed by atoms with Crippen molar-refractivity contribution < 1.29 is 4.74 Å². The van der Waals surface area contributed by atoms with E-state index < -0.39 is 0 Å². The fourth-order valence-electron chi connectivity index (χ4n) is 1.72. The van der Waals surface area contributed by atoms with Crippen molar-refractivity contribution in [2.45, 2.75) is 12.5 Å². The van der Waals surface area contributed by atoms with Crippen molar-refractivity contribution in [2.75, 3.05) is 14.2 Å². The highest BCUT2D eigenvalue weighted by Gasteiger charge is 2.17. The van der Waals surface area contributed by atoms with E-state index in [1.54, 1.807) is 29.8 Å². The molecule has 0 radical (unpaired) electrons. The molecule has 1 N–H and O–H groups in total. The van der Waals surface area contributed by atoms with E-state index in [9.17, 15) is 0 Å². The molecular weight excluding hydrogens is 318 g/mol. The molecule has 0 saturated heterocycles. The van der Waals surface area contributed by atoms with Crippen LogP contribution in [0.5, 0.6) is 5.75 Å². The van der Waals surface area contributed by atoms with Crippen LogP contribution >= 0.6 is 38.6 Å². The molecule has 0 spiro atoms. The summed E-state index contributed by atoms with van der Waals surface area (Å²) in [6.07, 6.45) is 0.990. The third-order valence-electron chi connectivity index (χ3n) is 2.57. The predicted molar refractivity (Wildman–Crippen MR) is 78.4 cm³/mol. The van der Waals surface area contributed by atoms with E-state index in [-0.39, 0.29) is 0 Å². The largest absolute Gasteiger partial charge is 0.496 e. The van der Waals surface area contributed by atoms with Crippen LogP contribution in [-0.4, -0.2) is 14.2 Å². The Balaban J connectivity index is 2.16. The number of likely N-dealkylation sites (N-methyl/N-ethyl adjacent to an activating group) is 1. The fourth-order valence-corrected chi connectivity index (χ4v) is 4.19. The number of rotatable bonds is 5. The van der Waals surface area contributed by atoms with E-state index >= 15 is 0 Å². The van der Waals surface area contributed by atoms with E-state index in [0.29, 0.717) is 6.04 Å². The number of thiophene rings is 2. The van der Waals surface area contributed by atoms with Gasteiger partial charge in [-0.2, -0.15) is 0 Å². The minimum absolute atomic E-state index is 0.315. The zero-order valence-electron chi connectivity index (χ0n) is 9.70. The van der Waals surface area contributed by atoms with Gasteiger partial charge in [-0.15, -0.1) is 22.7 Å². The molecule has 1 unspecified atom stereocenters. The second kappa shape index (κ2) is 6.00. The molecule has 0 aliphatic carbocycles. The SMILES string of the molecule is CNC(Cc1cc(Br)cs1)c1sccc1OC. The number of hydrogen-bond donors (Lipinski definition) is 1. The molecule has 0 saturated carbocycles. The van der Waals surface area contributed by atoms with Crippen molar-refractivity contribution in [3.8, 4) is 5.75 Å². The molecule has 0 amide bonds. The maximum atomic E-state index is 5.38. The Labute approximate surface area is 118 Å². The summed E-state index contributed by atoms with van der Waals surface area (Å²) in [7, 11) is 3.71. The first-order chi connectivity index (χ1) is 8.24. The summed E-state index contributed by atoms with van der Waals surface area (Å²) >= 11 is 7.01. The molecule has 2 nitrogen and oxygen atoms in total. The predicted octanol–water partition coefficient (Wildman–Crippen LogP) is 4.08. The highest BCUT2D eigenvalue weighted by atomic mass is 79.9. The van der Waals surface area contributed by atoms with Crippen LogP contribution in [0.1, 0.15) is 15.8 Å². The number of hydrogen-bond acceptors (Lipinski definition) is 4. The maximum absolute atomic E-state index is 5.38. The molecule has 92 valence electrons. The molecule has 0 aliphatic rings. The van der Waals surface area contributed by atoms with Crippen molar-refractivity contribution in [1.82, 2.24) is 5.32 Å². The summed E-state index contributed by atoms with van der Waals surface area (Å²) in [6, 6.07) is 4.51. The minimum Gasteiger partial charge on any atom is -0.496 e. The lowest BCUT2D eigenvalue weighted by Crippen LogP contribution is -2.17. The summed E-state index contributed by atoms with van der Waals surface area (Å²) in [5.74, 6) is 0.977. The minimum atomic E-state index is 0.315. The van der Waals surface area contributed by atoms with Crippen molar-refractivity contribution in [3.63, 3.8) is 0 Å². The van der Waals surface area contributed by atoms with Gasteiger partial charge in [0.15, 0.2) is 0 Å². The molecule has 1 atom stereocenters. The van der Waals surface area contributed by atoms with Gasteiger partial charge in [0.05, 0.1) is 12.0 Å². The summed E-state index contributed by atoms with van der Waals surface area (Å²) in [5.41, 5.74) is 0. The van der Waals surface area contributed by atoms with Gasteiger partial charge >= 0.3 is 0 Å². The van der Waals surface area contributed by atoms with Gasteiger partial charge < -0.3 is 10.1 Å². The van der Waals surface area contributed by atoms with E-state index in [4.69, 9.17) is 4.74 Å². The van der Waals surface area contributed by atoms with Crippen LogP contribution in [0, 0.1) is 0 Å². The average Bonchev–Trinajstić information content (AvgIpc) is 2.94. The van der Waals surface area contributed by atoms with E-state index in [0.717, 1.165) is 16.6 Å². The number of methoxy groups -OCH3 is 1. The molecule has 0 bridgehead atoms. The summed E-state index contributed by atoms with van der Waals surface area (Å²) in [4.78, 5) is 2.63. The Hall–Kier alpha value is -0.360. The first-order valence-electron chi connectivity index (χ1n) is 5.26. The topological polar surface area (TPSA) is 21.3 Å². The zero-order valence-corrected chi connectivity index (χ0v) is 12.9. The second-order valence-corrected chi connectivity index (χ2v) is 6.49. The monoisotopic (exact) mass is 331 g/mol. The van der Waals surface area contributed by atoms with Crippen LogP contribution in [-0.2, 0) is 6.42 Å². The number of ether oxygens (including phenoxy) is 1. The standard InChI is InChI=1S/C12H14BrNOS2/c1-14-10(6-9-5-8(13)7-17-9)12-11(15-2)3-4-16-12/h3-5,7,10,14H,6H2,1-2H3. The molecule has 0 aromatic carbocycles. The van der Waals surface area contributed by atoms with Crippen molar-refractivity contribution in [3.05, 3.63) is 37.1 Å². The van der Waals surface area contributed by atoms with Gasteiger partial charge in [0.25, 0.3) is 0 Å². The Kier molecular flexibility index (Phi) is 4.62. The van der Waals surface area contributed by atoms with Crippen molar-refractivity contribution in [1.29, 1.82) is 0 Å². The fraction of sp³-hybridized carbons (Fsp3) is 0.333. The van der Waals surface area contributed by atoms with Crippen LogP contribution < -0.4 is 10.1 Å². The van der Waals surface area contributed by atoms with E-state index in [1.807, 2.05) is 13.1 Å². The first kappa shape index (κ1) is 13.1. The summed E-state index contributed by atoms with van der Waals surface area (Å²) in [5, 5.41) is 7.55. The molecular formula is C12H14BrNOS2. The molecule has 2 rings (SSSR count). The first-order valence-corrected chi connectivity index (χ1v) is 7.81. The third-order valence-corrected chi connectivity index (χ3v) is 5.30. The zero-order chi connectivity index (χ0) is 12.3. The molecule has 0 fully saturated rings. The van der Waals surface area contributed by atoms with Gasteiger partial charge in [-0.1, -0.05) is 0 Å².